The predicted octanol–water partition coefficient (Wildman–Crippen LogP) is 4.71. The molecule has 33 heavy (non-hydrogen) atoms. The molecule has 0 radical (unpaired) electrons. The smallest absolute Gasteiger partial charge is 0.355 e. The van der Waals surface area contributed by atoms with E-state index in [1.807, 2.05) is 20.8 Å². The first-order chi connectivity index (χ1) is 15.8. The van der Waals surface area contributed by atoms with Gasteiger partial charge in [-0.3, -0.25) is 9.59 Å². The van der Waals surface area contributed by atoms with E-state index in [2.05, 4.69) is 0 Å². The SMILES string of the molecule is CCOCCCN(CC(=O)c1c(C)c(C(=O)OCC)n(CC)c1C)C(=O)c1cccc(Cl)c1. The number of rotatable bonds is 12. The van der Waals surface area contributed by atoms with Crippen LogP contribution in [-0.2, 0) is 16.0 Å². The van der Waals surface area contributed by atoms with Gasteiger partial charge >= 0.3 is 5.97 Å². The minimum absolute atomic E-state index is 0.116. The van der Waals surface area contributed by atoms with Gasteiger partial charge in [-0.2, -0.15) is 0 Å². The summed E-state index contributed by atoms with van der Waals surface area (Å²) in [5, 5.41) is 0.451. The number of nitrogens with zero attached hydrogens (tertiary/aromatic N) is 2. The summed E-state index contributed by atoms with van der Waals surface area (Å²) in [6, 6.07) is 6.67. The van der Waals surface area contributed by atoms with Crippen LogP contribution in [0.4, 0.5) is 0 Å². The topological polar surface area (TPSA) is 77.8 Å². The van der Waals surface area contributed by atoms with Gasteiger partial charge in [0.25, 0.3) is 5.91 Å². The maximum Gasteiger partial charge on any atom is 0.355 e. The van der Waals surface area contributed by atoms with Crippen LogP contribution in [-0.4, -0.2) is 60.0 Å². The van der Waals surface area contributed by atoms with Crippen LogP contribution in [0.1, 0.15) is 69.7 Å². The first kappa shape index (κ1) is 26.6. The van der Waals surface area contributed by atoms with Crippen molar-refractivity contribution in [1.29, 1.82) is 0 Å². The lowest BCUT2D eigenvalue weighted by atomic mass is 10.0. The molecule has 8 heteroatoms. The molecule has 0 N–H and O–H groups in total. The normalized spacial score (nSPS) is 10.8. The molecular formula is C25H33ClN2O5. The van der Waals surface area contributed by atoms with Crippen molar-refractivity contribution in [2.75, 3.05) is 32.9 Å². The number of Topliss-reactive ketones (excluding diaryl/α,β-unsaturated/α-hetero) is 1. The first-order valence-corrected chi connectivity index (χ1v) is 11.7. The summed E-state index contributed by atoms with van der Waals surface area (Å²) in [5.74, 6) is -0.963. The lowest BCUT2D eigenvalue weighted by molar-refractivity contribution is 0.0512. The Hall–Kier alpha value is -2.64. The number of aromatic nitrogens is 1. The molecule has 2 rings (SSSR count). The highest BCUT2D eigenvalue weighted by atomic mass is 35.5. The molecule has 0 spiro atoms. The number of ether oxygens (including phenoxy) is 2. The zero-order valence-corrected chi connectivity index (χ0v) is 20.8. The fourth-order valence-electron chi connectivity index (χ4n) is 3.97. The Bertz CT molecular complexity index is 999. The lowest BCUT2D eigenvalue weighted by Gasteiger charge is -2.22. The Morgan fingerprint density at radius 2 is 1.82 bits per heavy atom. The van der Waals surface area contributed by atoms with E-state index >= 15 is 0 Å². The van der Waals surface area contributed by atoms with Crippen LogP contribution >= 0.6 is 11.6 Å². The van der Waals surface area contributed by atoms with E-state index in [1.165, 1.54) is 4.90 Å². The highest BCUT2D eigenvalue weighted by Gasteiger charge is 2.28. The minimum atomic E-state index is -0.456. The number of ketones is 1. The Morgan fingerprint density at radius 3 is 2.42 bits per heavy atom. The van der Waals surface area contributed by atoms with Gasteiger partial charge in [0, 0.05) is 48.1 Å². The van der Waals surface area contributed by atoms with Gasteiger partial charge in [0.05, 0.1) is 13.2 Å². The van der Waals surface area contributed by atoms with Crippen LogP contribution in [0.5, 0.6) is 0 Å². The molecule has 0 atom stereocenters. The number of hydrogen-bond donors (Lipinski definition) is 0. The molecule has 0 bridgehead atoms. The van der Waals surface area contributed by atoms with E-state index in [-0.39, 0.29) is 24.8 Å². The zero-order valence-electron chi connectivity index (χ0n) is 20.1. The number of carbonyl (C=O) groups excluding carboxylic acids is 3. The Labute approximate surface area is 200 Å². The van der Waals surface area contributed by atoms with Gasteiger partial charge < -0.3 is 18.9 Å². The van der Waals surface area contributed by atoms with Gasteiger partial charge in [-0.05, 0) is 64.8 Å². The van der Waals surface area contributed by atoms with Crippen LogP contribution in [0.2, 0.25) is 5.02 Å². The van der Waals surface area contributed by atoms with Gasteiger partial charge in [0.1, 0.15) is 5.69 Å². The van der Waals surface area contributed by atoms with Crippen molar-refractivity contribution in [1.82, 2.24) is 9.47 Å². The quantitative estimate of drug-likeness (QED) is 0.252. The molecule has 0 unspecified atom stereocenters. The van der Waals surface area contributed by atoms with Crippen LogP contribution < -0.4 is 0 Å². The highest BCUT2D eigenvalue weighted by Crippen LogP contribution is 2.24. The Kier molecular flexibility index (Phi) is 10.1. The fraction of sp³-hybridized carbons (Fsp3) is 0.480. The average molecular weight is 477 g/mol. The monoisotopic (exact) mass is 476 g/mol. The fourth-order valence-corrected chi connectivity index (χ4v) is 4.16. The van der Waals surface area contributed by atoms with Crippen LogP contribution in [0, 0.1) is 13.8 Å². The van der Waals surface area contributed by atoms with Gasteiger partial charge in [-0.25, -0.2) is 4.79 Å². The third-order valence-electron chi connectivity index (χ3n) is 5.44. The molecule has 0 saturated carbocycles. The van der Waals surface area contributed by atoms with Crippen LogP contribution in [0.15, 0.2) is 24.3 Å². The predicted molar refractivity (Wildman–Crippen MR) is 128 cm³/mol. The molecule has 1 aromatic heterocycles. The summed E-state index contributed by atoms with van der Waals surface area (Å²) in [5.41, 5.74) is 2.51. The molecule has 180 valence electrons. The summed E-state index contributed by atoms with van der Waals surface area (Å²) in [6.07, 6.45) is 0.593. The Balaban J connectivity index is 2.36. The van der Waals surface area contributed by atoms with E-state index < -0.39 is 5.97 Å². The second kappa shape index (κ2) is 12.6. The second-order valence-corrected chi connectivity index (χ2v) is 8.05. The van der Waals surface area contributed by atoms with Crippen LogP contribution in [0.3, 0.4) is 0 Å². The van der Waals surface area contributed by atoms with Crippen molar-refractivity contribution in [3.8, 4) is 0 Å². The van der Waals surface area contributed by atoms with Crippen molar-refractivity contribution in [3.05, 3.63) is 57.4 Å². The van der Waals surface area contributed by atoms with E-state index in [9.17, 15) is 14.4 Å². The third kappa shape index (κ3) is 6.45. The molecule has 2 aromatic rings. The second-order valence-electron chi connectivity index (χ2n) is 7.61. The number of halogens is 1. The van der Waals surface area contributed by atoms with Gasteiger partial charge in [0.2, 0.25) is 0 Å². The molecular weight excluding hydrogens is 444 g/mol. The van der Waals surface area contributed by atoms with Gasteiger partial charge in [-0.15, -0.1) is 0 Å². The van der Waals surface area contributed by atoms with Crippen molar-refractivity contribution in [3.63, 3.8) is 0 Å². The third-order valence-corrected chi connectivity index (χ3v) is 5.68. The summed E-state index contributed by atoms with van der Waals surface area (Å²) in [7, 11) is 0. The number of carbonyl (C=O) groups is 3. The maximum absolute atomic E-state index is 13.4. The number of hydrogen-bond acceptors (Lipinski definition) is 5. The van der Waals surface area contributed by atoms with Gasteiger partial charge in [0.15, 0.2) is 5.78 Å². The standard InChI is InChI=1S/C25H33ClN2O5/c1-6-28-18(5)22(17(4)23(28)25(31)33-8-3)21(29)16-27(13-10-14-32-7-2)24(30)19-11-9-12-20(26)15-19/h9,11-12,15H,6-8,10,13-14,16H2,1-5H3. The molecule has 1 amide bonds. The van der Waals surface area contributed by atoms with E-state index in [0.717, 1.165) is 0 Å². The van der Waals surface area contributed by atoms with Crippen molar-refractivity contribution in [2.45, 2.75) is 47.6 Å². The number of amides is 1. The molecule has 0 fully saturated rings. The zero-order chi connectivity index (χ0) is 24.5. The molecule has 1 aromatic carbocycles. The molecule has 0 saturated heterocycles. The maximum atomic E-state index is 13.4. The summed E-state index contributed by atoms with van der Waals surface area (Å²) >= 11 is 6.07. The van der Waals surface area contributed by atoms with Gasteiger partial charge in [-0.1, -0.05) is 17.7 Å². The number of esters is 1. The summed E-state index contributed by atoms with van der Waals surface area (Å²) in [6.45, 7) is 11.2. The van der Waals surface area contributed by atoms with Crippen molar-refractivity contribution in [2.24, 2.45) is 0 Å². The first-order valence-electron chi connectivity index (χ1n) is 11.3. The van der Waals surface area contributed by atoms with E-state index in [4.69, 9.17) is 21.1 Å². The van der Waals surface area contributed by atoms with E-state index in [1.54, 1.807) is 42.7 Å². The molecule has 7 nitrogen and oxygen atoms in total. The molecule has 0 aliphatic heterocycles. The molecule has 0 aliphatic carbocycles. The minimum Gasteiger partial charge on any atom is -0.461 e. The Morgan fingerprint density at radius 1 is 1.09 bits per heavy atom. The van der Waals surface area contributed by atoms with Crippen molar-refractivity contribution < 1.29 is 23.9 Å². The highest BCUT2D eigenvalue weighted by molar-refractivity contribution is 6.31. The van der Waals surface area contributed by atoms with Crippen LogP contribution in [0.25, 0.3) is 0 Å². The lowest BCUT2D eigenvalue weighted by Crippen LogP contribution is -2.37. The molecule has 1 heterocycles. The van der Waals surface area contributed by atoms with Crippen molar-refractivity contribution >= 4 is 29.3 Å². The summed E-state index contributed by atoms with van der Waals surface area (Å²) in [4.78, 5) is 40.7. The van der Waals surface area contributed by atoms with E-state index in [0.29, 0.717) is 65.8 Å². The summed E-state index contributed by atoms with van der Waals surface area (Å²) < 4.78 is 12.4. The molecule has 0 aliphatic rings. The number of benzene rings is 1. The largest absolute Gasteiger partial charge is 0.461 e. The average Bonchev–Trinajstić information content (AvgIpc) is 3.04.